The maximum atomic E-state index is 11.9. The molecule has 0 saturated heterocycles. The number of hydrogen-bond acceptors (Lipinski definition) is 3. The highest BCUT2D eigenvalue weighted by Crippen LogP contribution is 2.12. The third kappa shape index (κ3) is 2.52. The minimum absolute atomic E-state index is 0.201. The van der Waals surface area contributed by atoms with Crippen molar-refractivity contribution >= 4 is 28.9 Å². The number of fused-ring (bicyclic) bond motifs is 1. The molecule has 6 nitrogen and oxygen atoms in total. The number of hydrogen-bond donors (Lipinski definition) is 3. The first-order valence-corrected chi connectivity index (χ1v) is 5.29. The van der Waals surface area contributed by atoms with Gasteiger partial charge in [-0.15, -0.1) is 0 Å². The van der Waals surface area contributed by atoms with Crippen LogP contribution in [0.2, 0.25) is 0 Å². The van der Waals surface area contributed by atoms with Crippen molar-refractivity contribution in [1.29, 1.82) is 0 Å². The molecule has 1 heterocycles. The van der Waals surface area contributed by atoms with Gasteiger partial charge in [0.25, 0.3) is 0 Å². The van der Waals surface area contributed by atoms with Crippen molar-refractivity contribution in [3.63, 3.8) is 0 Å². The van der Waals surface area contributed by atoms with E-state index >= 15 is 0 Å². The van der Waals surface area contributed by atoms with Gasteiger partial charge in [-0.25, -0.2) is 9.59 Å². The van der Waals surface area contributed by atoms with Crippen LogP contribution in [0.15, 0.2) is 35.3 Å². The fourth-order valence-electron chi connectivity index (χ4n) is 1.67. The smallest absolute Gasteiger partial charge is 0.341 e. The molecule has 0 radical (unpaired) electrons. The lowest BCUT2D eigenvalue weighted by molar-refractivity contribution is -0.131. The lowest BCUT2D eigenvalue weighted by Gasteiger charge is -2.01. The highest BCUT2D eigenvalue weighted by Gasteiger charge is 2.11. The number of H-pyrrole nitrogens is 1. The summed E-state index contributed by atoms with van der Waals surface area (Å²) < 4.78 is 0. The van der Waals surface area contributed by atoms with E-state index in [0.29, 0.717) is 11.1 Å². The minimum atomic E-state index is -1.31. The molecule has 0 atom stereocenters. The first-order valence-electron chi connectivity index (χ1n) is 5.29. The molecule has 0 spiro atoms. The third-order valence-corrected chi connectivity index (χ3v) is 2.55. The molecule has 3 N–H and O–H groups in total. The standard InChI is InChI=1S/C13H9NO5/c15-11(16)4-2-7-1-3-10-8(5-7)12(17)9(6-14-10)13(18)19/h1-6H,(H,14,17)(H,15,16)(H,18,19). The summed E-state index contributed by atoms with van der Waals surface area (Å²) in [6, 6.07) is 4.65. The van der Waals surface area contributed by atoms with E-state index in [1.54, 1.807) is 12.1 Å². The lowest BCUT2D eigenvalue weighted by atomic mass is 10.1. The molecule has 0 unspecified atom stereocenters. The van der Waals surface area contributed by atoms with Gasteiger partial charge in [0.05, 0.1) is 0 Å². The van der Waals surface area contributed by atoms with Gasteiger partial charge >= 0.3 is 11.9 Å². The quantitative estimate of drug-likeness (QED) is 0.720. The van der Waals surface area contributed by atoms with Gasteiger partial charge < -0.3 is 15.2 Å². The second-order valence-corrected chi connectivity index (χ2v) is 3.81. The largest absolute Gasteiger partial charge is 0.478 e. The maximum absolute atomic E-state index is 11.9. The Morgan fingerprint density at radius 3 is 2.58 bits per heavy atom. The molecule has 2 rings (SSSR count). The Hall–Kier alpha value is -2.89. The Morgan fingerprint density at radius 1 is 1.21 bits per heavy atom. The highest BCUT2D eigenvalue weighted by atomic mass is 16.4. The van der Waals surface area contributed by atoms with Crippen LogP contribution in [0, 0.1) is 0 Å². The molecule has 0 bridgehead atoms. The van der Waals surface area contributed by atoms with E-state index in [2.05, 4.69) is 4.98 Å². The van der Waals surface area contributed by atoms with Crippen molar-refractivity contribution in [2.75, 3.05) is 0 Å². The molecule has 0 saturated carbocycles. The van der Waals surface area contributed by atoms with Crippen LogP contribution in [0.1, 0.15) is 15.9 Å². The molecule has 0 fully saturated rings. The number of pyridine rings is 1. The summed E-state index contributed by atoms with van der Waals surface area (Å²) in [5.74, 6) is -2.41. The molecular formula is C13H9NO5. The van der Waals surface area contributed by atoms with Crippen LogP contribution in [0.3, 0.4) is 0 Å². The van der Waals surface area contributed by atoms with Crippen LogP contribution >= 0.6 is 0 Å². The summed E-state index contributed by atoms with van der Waals surface area (Å²) in [6.45, 7) is 0. The number of carboxylic acids is 2. The van der Waals surface area contributed by atoms with E-state index in [1.807, 2.05) is 0 Å². The van der Waals surface area contributed by atoms with E-state index in [-0.39, 0.29) is 10.9 Å². The maximum Gasteiger partial charge on any atom is 0.341 e. The van der Waals surface area contributed by atoms with E-state index in [4.69, 9.17) is 10.2 Å². The van der Waals surface area contributed by atoms with E-state index in [1.165, 1.54) is 12.1 Å². The van der Waals surface area contributed by atoms with Crippen molar-refractivity contribution in [3.8, 4) is 0 Å². The number of aromatic nitrogens is 1. The summed E-state index contributed by atoms with van der Waals surface area (Å²) in [5, 5.41) is 17.6. The predicted octanol–water partition coefficient (Wildman–Crippen LogP) is 1.32. The van der Waals surface area contributed by atoms with Gasteiger partial charge in [-0.05, 0) is 23.8 Å². The number of aromatic carboxylic acids is 1. The fourth-order valence-corrected chi connectivity index (χ4v) is 1.67. The molecule has 0 amide bonds. The Bertz CT molecular complexity index is 757. The summed E-state index contributed by atoms with van der Waals surface area (Å²) in [5.41, 5.74) is 0.0316. The topological polar surface area (TPSA) is 107 Å². The first kappa shape index (κ1) is 12.6. The molecule has 96 valence electrons. The number of aliphatic carboxylic acids is 1. The number of carboxylic acid groups (broad SMARTS) is 2. The minimum Gasteiger partial charge on any atom is -0.478 e. The van der Waals surface area contributed by atoms with E-state index in [9.17, 15) is 14.4 Å². The average molecular weight is 259 g/mol. The SMILES string of the molecule is O=C(O)C=Cc1ccc2[nH]cc(C(=O)O)c(=O)c2c1. The normalized spacial score (nSPS) is 10.9. The molecule has 6 heteroatoms. The van der Waals surface area contributed by atoms with Gasteiger partial charge in [0, 0.05) is 23.2 Å². The Morgan fingerprint density at radius 2 is 1.95 bits per heavy atom. The Labute approximate surface area is 106 Å². The van der Waals surface area contributed by atoms with Crippen molar-refractivity contribution in [3.05, 3.63) is 51.8 Å². The monoisotopic (exact) mass is 259 g/mol. The third-order valence-electron chi connectivity index (χ3n) is 2.55. The van der Waals surface area contributed by atoms with Crippen LogP contribution in [0.4, 0.5) is 0 Å². The molecule has 0 aliphatic heterocycles. The molecule has 19 heavy (non-hydrogen) atoms. The summed E-state index contributed by atoms with van der Waals surface area (Å²) >= 11 is 0. The second-order valence-electron chi connectivity index (χ2n) is 3.81. The molecule has 0 aliphatic rings. The molecular weight excluding hydrogens is 250 g/mol. The zero-order valence-electron chi connectivity index (χ0n) is 9.58. The average Bonchev–Trinajstić information content (AvgIpc) is 2.36. The van der Waals surface area contributed by atoms with Crippen LogP contribution in [-0.2, 0) is 4.79 Å². The Kier molecular flexibility index (Phi) is 3.15. The van der Waals surface area contributed by atoms with Gasteiger partial charge in [-0.1, -0.05) is 6.07 Å². The first-order chi connectivity index (χ1) is 8.99. The molecule has 2 aromatic rings. The van der Waals surface area contributed by atoms with Crippen LogP contribution < -0.4 is 5.43 Å². The molecule has 1 aromatic carbocycles. The fraction of sp³-hybridized carbons (Fsp3) is 0. The zero-order chi connectivity index (χ0) is 14.0. The van der Waals surface area contributed by atoms with Crippen LogP contribution in [-0.4, -0.2) is 27.1 Å². The van der Waals surface area contributed by atoms with E-state index in [0.717, 1.165) is 12.3 Å². The van der Waals surface area contributed by atoms with Gasteiger partial charge in [0.2, 0.25) is 5.43 Å². The van der Waals surface area contributed by atoms with Gasteiger partial charge in [-0.3, -0.25) is 4.79 Å². The van der Waals surface area contributed by atoms with Gasteiger partial charge in [0.15, 0.2) is 0 Å². The van der Waals surface area contributed by atoms with Gasteiger partial charge in [-0.2, -0.15) is 0 Å². The van der Waals surface area contributed by atoms with Gasteiger partial charge in [0.1, 0.15) is 5.56 Å². The molecule has 1 aromatic heterocycles. The number of benzene rings is 1. The lowest BCUT2D eigenvalue weighted by Crippen LogP contribution is -2.15. The number of aromatic amines is 1. The predicted molar refractivity (Wildman–Crippen MR) is 68.2 cm³/mol. The summed E-state index contributed by atoms with van der Waals surface area (Å²) in [4.78, 5) is 35.9. The van der Waals surface area contributed by atoms with Crippen LogP contribution in [0.25, 0.3) is 17.0 Å². The summed E-state index contributed by atoms with van der Waals surface area (Å²) in [7, 11) is 0. The number of nitrogens with one attached hydrogen (secondary N) is 1. The molecule has 0 aliphatic carbocycles. The van der Waals surface area contributed by atoms with Crippen molar-refractivity contribution < 1.29 is 19.8 Å². The van der Waals surface area contributed by atoms with Crippen molar-refractivity contribution in [1.82, 2.24) is 4.98 Å². The van der Waals surface area contributed by atoms with E-state index < -0.39 is 17.4 Å². The highest BCUT2D eigenvalue weighted by molar-refractivity contribution is 5.93. The van der Waals surface area contributed by atoms with Crippen LogP contribution in [0.5, 0.6) is 0 Å². The van der Waals surface area contributed by atoms with Crippen molar-refractivity contribution in [2.24, 2.45) is 0 Å². The number of carbonyl (C=O) groups is 2. The summed E-state index contributed by atoms with van der Waals surface area (Å²) in [6.07, 6.45) is 3.41. The zero-order valence-corrected chi connectivity index (χ0v) is 9.58. The second kappa shape index (κ2) is 4.77. The van der Waals surface area contributed by atoms with Crippen molar-refractivity contribution in [2.45, 2.75) is 0 Å². The number of rotatable bonds is 3. The Balaban J connectivity index is 2.64.